The molecule has 0 unspecified atom stereocenters. The van der Waals surface area contributed by atoms with E-state index in [1.807, 2.05) is 16.7 Å². The largest absolute Gasteiger partial charge is 0.528 e. The van der Waals surface area contributed by atoms with E-state index in [-0.39, 0.29) is 25.1 Å². The van der Waals surface area contributed by atoms with Crippen molar-refractivity contribution in [1.29, 1.82) is 0 Å². The van der Waals surface area contributed by atoms with Gasteiger partial charge in [0, 0.05) is 10.9 Å². The van der Waals surface area contributed by atoms with Gasteiger partial charge in [-0.1, -0.05) is 11.6 Å². The molecule has 0 amide bonds. The maximum absolute atomic E-state index is 12.9. The zero-order valence-electron chi connectivity index (χ0n) is 22.4. The van der Waals surface area contributed by atoms with Crippen LogP contribution < -0.4 is 4.74 Å². The summed E-state index contributed by atoms with van der Waals surface area (Å²) in [6.45, 7) is 5.77. The van der Waals surface area contributed by atoms with Crippen molar-refractivity contribution in [3.05, 3.63) is 70.3 Å². The summed E-state index contributed by atoms with van der Waals surface area (Å²) in [5, 5.41) is 11.0. The van der Waals surface area contributed by atoms with Gasteiger partial charge < -0.3 is 14.3 Å². The summed E-state index contributed by atoms with van der Waals surface area (Å²) in [6, 6.07) is 10.3. The number of halogens is 4. The third-order valence-electron chi connectivity index (χ3n) is 6.82. The fourth-order valence-corrected chi connectivity index (χ4v) is 5.25. The number of carbonyl (C=O) groups is 1. The summed E-state index contributed by atoms with van der Waals surface area (Å²) in [5.74, 6) is 1.92. The lowest BCUT2D eigenvalue weighted by Gasteiger charge is -2.29. The smallest absolute Gasteiger partial charge is 0.490 e. The predicted octanol–water partition coefficient (Wildman–Crippen LogP) is 7.23. The quantitative estimate of drug-likeness (QED) is 0.302. The van der Waals surface area contributed by atoms with E-state index >= 15 is 0 Å². The number of benzene rings is 2. The molecule has 1 aliphatic heterocycles. The second kappa shape index (κ2) is 10.9. The lowest BCUT2D eigenvalue weighted by Crippen LogP contribution is -2.31. The highest BCUT2D eigenvalue weighted by Gasteiger charge is 2.33. The van der Waals surface area contributed by atoms with E-state index in [1.165, 1.54) is 17.2 Å². The van der Waals surface area contributed by atoms with Gasteiger partial charge in [0.1, 0.15) is 17.2 Å². The van der Waals surface area contributed by atoms with Crippen molar-refractivity contribution in [2.75, 3.05) is 0 Å². The first kappa shape index (κ1) is 28.2. The van der Waals surface area contributed by atoms with E-state index in [0.717, 1.165) is 54.9 Å². The Bertz CT molecular complexity index is 1360. The molecule has 0 spiro atoms. The van der Waals surface area contributed by atoms with E-state index in [1.54, 1.807) is 26.8 Å². The normalized spacial score (nSPS) is 19.8. The summed E-state index contributed by atoms with van der Waals surface area (Å²) in [4.78, 5) is 17.9. The molecule has 8 nitrogen and oxygen atoms in total. The Morgan fingerprint density at radius 1 is 0.975 bits per heavy atom. The second-order valence-electron chi connectivity index (χ2n) is 11.1. The topological polar surface area (TPSA) is 78.7 Å². The molecule has 3 aromatic rings. The van der Waals surface area contributed by atoms with Crippen LogP contribution in [0.25, 0.3) is 5.69 Å². The zero-order chi connectivity index (χ0) is 28.7. The Balaban J connectivity index is 1.31. The molecule has 1 fully saturated rings. The molecule has 40 heavy (non-hydrogen) atoms. The average molecular weight is 579 g/mol. The minimum absolute atomic E-state index is 0.0931. The molecule has 1 saturated carbocycles. The molecule has 2 aliphatic rings. The average Bonchev–Trinajstić information content (AvgIpc) is 3.20. The van der Waals surface area contributed by atoms with Crippen LogP contribution in [0.1, 0.15) is 75.1 Å². The predicted molar refractivity (Wildman–Crippen MR) is 140 cm³/mol. The third kappa shape index (κ3) is 6.52. The Labute approximate surface area is 234 Å². The fourth-order valence-electron chi connectivity index (χ4n) is 5.05. The summed E-state index contributed by atoms with van der Waals surface area (Å²) in [5.41, 5.74) is 0.299. The fraction of sp³-hybridized carbons (Fsp3) is 0.464. The summed E-state index contributed by atoms with van der Waals surface area (Å²) >= 11 is 6.31. The van der Waals surface area contributed by atoms with Crippen LogP contribution in [-0.4, -0.2) is 37.7 Å². The van der Waals surface area contributed by atoms with E-state index < -0.39 is 23.5 Å². The first-order valence-electron chi connectivity index (χ1n) is 13.1. The zero-order valence-corrected chi connectivity index (χ0v) is 23.1. The van der Waals surface area contributed by atoms with Crippen molar-refractivity contribution in [2.24, 2.45) is 0 Å². The molecule has 5 rings (SSSR count). The summed E-state index contributed by atoms with van der Waals surface area (Å²) < 4.78 is 51.9. The molecule has 0 saturated heterocycles. The van der Waals surface area contributed by atoms with Crippen LogP contribution in [0.15, 0.2) is 42.5 Å². The standard InChI is InChI=1S/C28H30ClF3N4O4/c1-27(2,3)39-26(37)40-35-15-18-14-20(29)8-13-23(18)36-24(16-35)33-34-25(36)17-4-9-21(10-5-17)38-22-11-6-19(7-12-22)28(30,31)32/h6-8,11-14,17,21H,4-5,9-10,15-16H2,1-3H3. The van der Waals surface area contributed by atoms with Gasteiger partial charge in [-0.3, -0.25) is 4.57 Å². The van der Waals surface area contributed by atoms with Gasteiger partial charge in [0.2, 0.25) is 0 Å². The highest BCUT2D eigenvalue weighted by molar-refractivity contribution is 6.30. The number of rotatable bonds is 4. The van der Waals surface area contributed by atoms with Gasteiger partial charge >= 0.3 is 12.3 Å². The van der Waals surface area contributed by atoms with E-state index in [9.17, 15) is 18.0 Å². The van der Waals surface area contributed by atoms with Crippen molar-refractivity contribution >= 4 is 17.8 Å². The van der Waals surface area contributed by atoms with E-state index in [4.69, 9.17) is 25.9 Å². The van der Waals surface area contributed by atoms with Crippen LogP contribution in [0.4, 0.5) is 18.0 Å². The number of hydrogen-bond donors (Lipinski definition) is 0. The minimum Gasteiger partial charge on any atom is -0.490 e. The Kier molecular flexibility index (Phi) is 7.71. The molecule has 1 aromatic heterocycles. The first-order chi connectivity index (χ1) is 18.9. The number of hydroxylamine groups is 2. The first-order valence-corrected chi connectivity index (χ1v) is 13.5. The number of aromatic nitrogens is 3. The number of hydrogen-bond acceptors (Lipinski definition) is 7. The molecule has 2 aromatic carbocycles. The highest BCUT2D eigenvalue weighted by Crippen LogP contribution is 2.38. The van der Waals surface area contributed by atoms with E-state index in [0.29, 0.717) is 16.6 Å². The molecule has 2 heterocycles. The highest BCUT2D eigenvalue weighted by atomic mass is 35.5. The van der Waals surface area contributed by atoms with Gasteiger partial charge in [0.25, 0.3) is 0 Å². The van der Waals surface area contributed by atoms with Crippen LogP contribution in [0.2, 0.25) is 5.02 Å². The molecule has 214 valence electrons. The lowest BCUT2D eigenvalue weighted by atomic mass is 9.86. The molecular weight excluding hydrogens is 549 g/mol. The van der Waals surface area contributed by atoms with Gasteiger partial charge in [0.05, 0.1) is 30.4 Å². The molecular formula is C28H30ClF3N4O4. The SMILES string of the molecule is CC(C)(C)OC(=O)ON1Cc2cc(Cl)ccc2-n2c(nnc2C2CCC(Oc3ccc(C(F)(F)F)cc3)CC2)C1. The van der Waals surface area contributed by atoms with Crippen molar-refractivity contribution in [2.45, 2.75) is 83.3 Å². The van der Waals surface area contributed by atoms with Crippen LogP contribution >= 0.6 is 11.6 Å². The van der Waals surface area contributed by atoms with Crippen LogP contribution in [0.5, 0.6) is 5.75 Å². The molecule has 12 heteroatoms. The number of nitrogens with zero attached hydrogens (tertiary/aromatic N) is 4. The Morgan fingerprint density at radius 2 is 1.68 bits per heavy atom. The van der Waals surface area contributed by atoms with Crippen LogP contribution in [-0.2, 0) is 28.8 Å². The van der Waals surface area contributed by atoms with Gasteiger partial charge in [-0.2, -0.15) is 13.2 Å². The molecule has 0 radical (unpaired) electrons. The molecule has 0 N–H and O–H groups in total. The maximum Gasteiger partial charge on any atom is 0.528 e. The van der Waals surface area contributed by atoms with E-state index in [2.05, 4.69) is 10.2 Å². The number of ether oxygens (including phenoxy) is 2. The molecule has 0 atom stereocenters. The summed E-state index contributed by atoms with van der Waals surface area (Å²) in [6.07, 6.45) is -2.33. The Hall–Kier alpha value is -3.31. The number of carbonyl (C=O) groups excluding carboxylic acids is 1. The number of fused-ring (bicyclic) bond motifs is 3. The third-order valence-corrected chi connectivity index (χ3v) is 7.05. The second-order valence-corrected chi connectivity index (χ2v) is 11.5. The van der Waals surface area contributed by atoms with Crippen molar-refractivity contribution in [3.8, 4) is 11.4 Å². The van der Waals surface area contributed by atoms with Gasteiger partial charge in [-0.25, -0.2) is 4.79 Å². The number of alkyl halides is 3. The van der Waals surface area contributed by atoms with Crippen molar-refractivity contribution in [1.82, 2.24) is 19.8 Å². The maximum atomic E-state index is 12.9. The summed E-state index contributed by atoms with van der Waals surface area (Å²) in [7, 11) is 0. The van der Waals surface area contributed by atoms with Gasteiger partial charge in [-0.15, -0.1) is 15.3 Å². The molecule has 0 bridgehead atoms. The van der Waals surface area contributed by atoms with Gasteiger partial charge in [0.15, 0.2) is 5.82 Å². The van der Waals surface area contributed by atoms with Crippen molar-refractivity contribution in [3.63, 3.8) is 0 Å². The van der Waals surface area contributed by atoms with Crippen LogP contribution in [0.3, 0.4) is 0 Å². The Morgan fingerprint density at radius 3 is 2.33 bits per heavy atom. The monoisotopic (exact) mass is 578 g/mol. The molecule has 1 aliphatic carbocycles. The van der Waals surface area contributed by atoms with Crippen molar-refractivity contribution < 1.29 is 32.3 Å². The minimum atomic E-state index is -4.38. The van der Waals surface area contributed by atoms with Crippen LogP contribution in [0, 0.1) is 0 Å². The lowest BCUT2D eigenvalue weighted by molar-refractivity contribution is -0.155. The van der Waals surface area contributed by atoms with Gasteiger partial charge in [-0.05, 0) is 94.5 Å².